The van der Waals surface area contributed by atoms with E-state index in [1.54, 1.807) is 41.5 Å². The highest BCUT2D eigenvalue weighted by Crippen LogP contribution is 2.28. The molecule has 2 heterocycles. The molecule has 0 unspecified atom stereocenters. The maximum atomic E-state index is 13.2. The Morgan fingerprint density at radius 1 is 0.969 bits per heavy atom. The fourth-order valence-corrected chi connectivity index (χ4v) is 3.71. The predicted molar refractivity (Wildman–Crippen MR) is 120 cm³/mol. The Balaban J connectivity index is 1.42. The van der Waals surface area contributed by atoms with Crippen LogP contribution < -0.4 is 10.6 Å². The van der Waals surface area contributed by atoms with Crippen molar-refractivity contribution in [2.45, 2.75) is 19.4 Å². The van der Waals surface area contributed by atoms with E-state index in [0.717, 1.165) is 29.2 Å². The molecule has 0 spiro atoms. The Morgan fingerprint density at radius 2 is 1.81 bits per heavy atom. The molecule has 1 aliphatic carbocycles. The van der Waals surface area contributed by atoms with E-state index in [1.165, 1.54) is 0 Å². The van der Waals surface area contributed by atoms with Gasteiger partial charge in [-0.15, -0.1) is 5.10 Å². The third-order valence-electron chi connectivity index (χ3n) is 5.58. The van der Waals surface area contributed by atoms with Gasteiger partial charge in [0.15, 0.2) is 5.69 Å². The molecule has 1 saturated carbocycles. The lowest BCUT2D eigenvalue weighted by Crippen LogP contribution is -2.28. The van der Waals surface area contributed by atoms with E-state index in [1.807, 2.05) is 30.3 Å². The number of hydrogen-bond acceptors (Lipinski definition) is 5. The second-order valence-corrected chi connectivity index (χ2v) is 7.93. The van der Waals surface area contributed by atoms with Crippen molar-refractivity contribution in [3.05, 3.63) is 83.9 Å². The number of nitrogens with one attached hydrogen (secondary N) is 2. The van der Waals surface area contributed by atoms with Gasteiger partial charge in [-0.05, 0) is 53.3 Å². The van der Waals surface area contributed by atoms with Crippen molar-refractivity contribution >= 4 is 28.3 Å². The molecule has 0 aliphatic heterocycles. The molecule has 0 atom stereocenters. The van der Waals surface area contributed by atoms with Crippen LogP contribution in [-0.4, -0.2) is 38.3 Å². The first kappa shape index (κ1) is 19.9. The summed E-state index contributed by atoms with van der Waals surface area (Å²) in [6.07, 6.45) is 7.28. The lowest BCUT2D eigenvalue weighted by Gasteiger charge is -2.13. The minimum absolute atomic E-state index is 0.216. The van der Waals surface area contributed by atoms with Gasteiger partial charge in [-0.1, -0.05) is 35.5 Å². The molecule has 160 valence electrons. The van der Waals surface area contributed by atoms with Crippen molar-refractivity contribution in [3.63, 3.8) is 0 Å². The normalized spacial score (nSPS) is 13.1. The Hall–Kier alpha value is -4.07. The molecule has 8 nitrogen and oxygen atoms in total. The van der Waals surface area contributed by atoms with Crippen LogP contribution in [0.2, 0.25) is 0 Å². The second kappa shape index (κ2) is 8.58. The number of aromatic nitrogens is 4. The van der Waals surface area contributed by atoms with Crippen molar-refractivity contribution in [1.29, 1.82) is 0 Å². The Labute approximate surface area is 184 Å². The standard InChI is InChI=1S/C24H22N6O2/c31-23(28-21-6-3-11-25-22(21)24(32)26-14-16-7-8-16)20-10-9-17(15-30-13-12-27-29-30)18-4-1-2-5-19(18)20/h1-6,9-13,16H,7-8,14-15H2,(H,26,32)(H,28,31). The Kier molecular flexibility index (Phi) is 5.33. The van der Waals surface area contributed by atoms with Crippen molar-refractivity contribution in [2.24, 2.45) is 5.92 Å². The first-order valence-electron chi connectivity index (χ1n) is 10.6. The Morgan fingerprint density at radius 3 is 2.59 bits per heavy atom. The van der Waals surface area contributed by atoms with Crippen molar-refractivity contribution in [3.8, 4) is 0 Å². The van der Waals surface area contributed by atoms with Gasteiger partial charge in [0, 0.05) is 24.5 Å². The largest absolute Gasteiger partial charge is 0.350 e. The van der Waals surface area contributed by atoms with Crippen LogP contribution >= 0.6 is 0 Å². The number of benzene rings is 2. The van der Waals surface area contributed by atoms with Gasteiger partial charge in [-0.3, -0.25) is 9.59 Å². The zero-order valence-electron chi connectivity index (χ0n) is 17.4. The zero-order valence-corrected chi connectivity index (χ0v) is 17.4. The van der Waals surface area contributed by atoms with Gasteiger partial charge in [-0.2, -0.15) is 0 Å². The minimum atomic E-state index is -0.294. The van der Waals surface area contributed by atoms with Gasteiger partial charge in [0.25, 0.3) is 11.8 Å². The maximum Gasteiger partial charge on any atom is 0.272 e. The number of anilines is 1. The van der Waals surface area contributed by atoms with Gasteiger partial charge >= 0.3 is 0 Å². The maximum absolute atomic E-state index is 13.2. The predicted octanol–water partition coefficient (Wildman–Crippen LogP) is 3.27. The van der Waals surface area contributed by atoms with Gasteiger partial charge in [-0.25, -0.2) is 9.67 Å². The summed E-state index contributed by atoms with van der Waals surface area (Å²) >= 11 is 0. The molecule has 2 amide bonds. The summed E-state index contributed by atoms with van der Waals surface area (Å²) in [4.78, 5) is 30.0. The monoisotopic (exact) mass is 426 g/mol. The van der Waals surface area contributed by atoms with Gasteiger partial charge in [0.1, 0.15) is 0 Å². The van der Waals surface area contributed by atoms with Crippen LogP contribution in [0.3, 0.4) is 0 Å². The number of pyridine rings is 1. The number of fused-ring (bicyclic) bond motifs is 1. The first-order chi connectivity index (χ1) is 15.7. The van der Waals surface area contributed by atoms with E-state index in [0.29, 0.717) is 30.3 Å². The van der Waals surface area contributed by atoms with Gasteiger partial charge in [0.05, 0.1) is 18.4 Å². The van der Waals surface area contributed by atoms with Crippen molar-refractivity contribution in [1.82, 2.24) is 25.3 Å². The molecule has 4 aromatic rings. The van der Waals surface area contributed by atoms with Crippen LogP contribution in [0, 0.1) is 5.92 Å². The molecule has 2 aromatic heterocycles. The molecule has 1 fully saturated rings. The molecular weight excluding hydrogens is 404 g/mol. The molecule has 0 radical (unpaired) electrons. The summed E-state index contributed by atoms with van der Waals surface area (Å²) in [6.45, 7) is 1.19. The third-order valence-corrected chi connectivity index (χ3v) is 5.58. The van der Waals surface area contributed by atoms with Crippen LogP contribution in [0.25, 0.3) is 10.8 Å². The van der Waals surface area contributed by atoms with Crippen molar-refractivity contribution < 1.29 is 9.59 Å². The molecule has 1 aliphatic rings. The minimum Gasteiger partial charge on any atom is -0.350 e. The highest BCUT2D eigenvalue weighted by molar-refractivity contribution is 6.15. The molecule has 2 aromatic carbocycles. The fourth-order valence-electron chi connectivity index (χ4n) is 3.71. The molecule has 32 heavy (non-hydrogen) atoms. The second-order valence-electron chi connectivity index (χ2n) is 7.93. The summed E-state index contributed by atoms with van der Waals surface area (Å²) in [5.41, 5.74) is 2.16. The van der Waals surface area contributed by atoms with Crippen molar-refractivity contribution in [2.75, 3.05) is 11.9 Å². The van der Waals surface area contributed by atoms with Crippen LogP contribution in [0.4, 0.5) is 5.69 Å². The van der Waals surface area contributed by atoms with E-state index in [9.17, 15) is 9.59 Å². The molecule has 2 N–H and O–H groups in total. The number of hydrogen-bond donors (Lipinski definition) is 2. The summed E-state index contributed by atoms with van der Waals surface area (Å²) in [5, 5.41) is 15.5. The summed E-state index contributed by atoms with van der Waals surface area (Å²) in [6, 6.07) is 14.9. The van der Waals surface area contributed by atoms with Gasteiger partial charge in [0.2, 0.25) is 0 Å². The van der Waals surface area contributed by atoms with E-state index in [2.05, 4.69) is 25.9 Å². The average Bonchev–Trinajstić information content (AvgIpc) is 3.51. The summed E-state index contributed by atoms with van der Waals surface area (Å²) < 4.78 is 1.74. The SMILES string of the molecule is O=C(NCC1CC1)c1ncccc1NC(=O)c1ccc(Cn2ccnn2)c2ccccc12. The van der Waals surface area contributed by atoms with Crippen LogP contribution in [0.5, 0.6) is 0 Å². The Bertz CT molecular complexity index is 1280. The van der Waals surface area contributed by atoms with E-state index in [-0.39, 0.29) is 17.5 Å². The summed E-state index contributed by atoms with van der Waals surface area (Å²) in [5.74, 6) is -0.0123. The lowest BCUT2D eigenvalue weighted by molar-refractivity contribution is 0.0948. The van der Waals surface area contributed by atoms with Crippen LogP contribution in [0.15, 0.2) is 67.1 Å². The highest BCUT2D eigenvalue weighted by atomic mass is 16.2. The molecular formula is C24H22N6O2. The highest BCUT2D eigenvalue weighted by Gasteiger charge is 2.23. The zero-order chi connectivity index (χ0) is 21.9. The molecule has 5 rings (SSSR count). The van der Waals surface area contributed by atoms with E-state index >= 15 is 0 Å². The lowest BCUT2D eigenvalue weighted by atomic mass is 9.99. The number of nitrogens with zero attached hydrogens (tertiary/aromatic N) is 4. The van der Waals surface area contributed by atoms with E-state index in [4.69, 9.17) is 0 Å². The number of rotatable bonds is 7. The number of carbonyl (C=O) groups is 2. The quantitative estimate of drug-likeness (QED) is 0.472. The van der Waals surface area contributed by atoms with Crippen LogP contribution in [-0.2, 0) is 6.54 Å². The topological polar surface area (TPSA) is 102 Å². The number of amides is 2. The molecule has 0 bridgehead atoms. The summed E-state index contributed by atoms with van der Waals surface area (Å²) in [7, 11) is 0. The number of carbonyl (C=O) groups excluding carboxylic acids is 2. The smallest absolute Gasteiger partial charge is 0.272 e. The molecule has 0 saturated heterocycles. The average molecular weight is 426 g/mol. The molecule has 8 heteroatoms. The fraction of sp³-hybridized carbons (Fsp3) is 0.208. The van der Waals surface area contributed by atoms with E-state index < -0.39 is 0 Å². The van der Waals surface area contributed by atoms with Gasteiger partial charge < -0.3 is 10.6 Å². The first-order valence-corrected chi connectivity index (χ1v) is 10.6. The van der Waals surface area contributed by atoms with Crippen LogP contribution in [0.1, 0.15) is 39.3 Å². The third kappa shape index (κ3) is 4.20.